The molecule has 0 spiro atoms. The summed E-state index contributed by atoms with van der Waals surface area (Å²) in [6, 6.07) is 11.4. The fourth-order valence-corrected chi connectivity index (χ4v) is 6.48. The first-order valence-corrected chi connectivity index (χ1v) is 15.6. The Morgan fingerprint density at radius 1 is 1.07 bits per heavy atom. The molecule has 2 fully saturated rings. The Bertz CT molecular complexity index is 1360. The van der Waals surface area contributed by atoms with E-state index >= 15 is 0 Å². The maximum absolute atomic E-state index is 14.5. The lowest BCUT2D eigenvalue weighted by molar-refractivity contribution is -0.162. The molecule has 0 aromatic heterocycles. The predicted octanol–water partition coefficient (Wildman–Crippen LogP) is 6.93. The van der Waals surface area contributed by atoms with Gasteiger partial charge in [-0.3, -0.25) is 4.79 Å². The Balaban J connectivity index is 1.96. The van der Waals surface area contributed by atoms with Gasteiger partial charge in [0.15, 0.2) is 0 Å². The Labute approximate surface area is 261 Å². The summed E-state index contributed by atoms with van der Waals surface area (Å²) in [5.74, 6) is -1.09. The number of hydrogen-bond donors (Lipinski definition) is 0. The van der Waals surface area contributed by atoms with Gasteiger partial charge in [0.25, 0.3) is 5.91 Å². The van der Waals surface area contributed by atoms with Crippen molar-refractivity contribution in [1.29, 1.82) is 0 Å². The van der Waals surface area contributed by atoms with E-state index in [1.807, 2.05) is 58.0 Å². The summed E-state index contributed by atoms with van der Waals surface area (Å²) in [5, 5.41) is 0. The summed E-state index contributed by atoms with van der Waals surface area (Å²) in [6.07, 6.45) is 0.638. The van der Waals surface area contributed by atoms with E-state index in [4.69, 9.17) is 18.9 Å². The molecule has 43 heavy (non-hydrogen) atoms. The Morgan fingerprint density at radius 3 is 2.37 bits per heavy atom. The zero-order valence-electron chi connectivity index (χ0n) is 29.4. The van der Waals surface area contributed by atoms with E-state index in [-0.39, 0.29) is 23.5 Å². The van der Waals surface area contributed by atoms with Crippen LogP contribution in [0.5, 0.6) is 5.75 Å². The number of aryl methyl sites for hydroxylation is 1. The molecule has 4 rings (SSSR count). The van der Waals surface area contributed by atoms with Crippen molar-refractivity contribution in [2.45, 2.75) is 111 Å². The zero-order valence-corrected chi connectivity index (χ0v) is 27.4. The van der Waals surface area contributed by atoms with Crippen LogP contribution in [-0.4, -0.2) is 55.3 Å². The molecule has 2 aromatic rings. The third-order valence-electron chi connectivity index (χ3n) is 8.72. The topological polar surface area (TPSA) is 74.3 Å². The lowest BCUT2D eigenvalue weighted by atomic mass is 9.73. The molecule has 5 atom stereocenters. The van der Waals surface area contributed by atoms with Crippen LogP contribution in [-0.2, 0) is 35.8 Å². The van der Waals surface area contributed by atoms with Crippen molar-refractivity contribution in [3.63, 3.8) is 0 Å². The van der Waals surface area contributed by atoms with Crippen LogP contribution in [0.25, 0.3) is 0 Å². The molecule has 236 valence electrons. The summed E-state index contributed by atoms with van der Waals surface area (Å²) in [7, 11) is 1.51. The van der Waals surface area contributed by atoms with Gasteiger partial charge in [0.05, 0.1) is 35.2 Å². The van der Waals surface area contributed by atoms with E-state index in [9.17, 15) is 12.3 Å². The minimum Gasteiger partial charge on any atom is -0.496 e. The van der Waals surface area contributed by atoms with Crippen LogP contribution in [0.2, 0.25) is 0 Å². The number of nitrogens with zero attached hydrogens (tertiary/aromatic N) is 1. The van der Waals surface area contributed by atoms with Gasteiger partial charge in [-0.25, -0.2) is 4.79 Å². The number of methoxy groups -OCH3 is 1. The molecule has 2 heterocycles. The minimum atomic E-state index is -2.35. The van der Waals surface area contributed by atoms with Crippen LogP contribution in [0.3, 0.4) is 0 Å². The number of benzene rings is 2. The first-order valence-electron chi connectivity index (χ1n) is 16.6. The van der Waals surface area contributed by atoms with Crippen LogP contribution >= 0.6 is 0 Å². The summed E-state index contributed by atoms with van der Waals surface area (Å²) in [4.78, 5) is 30.1. The van der Waals surface area contributed by atoms with Gasteiger partial charge in [-0.2, -0.15) is 0 Å². The monoisotopic (exact) mass is 595 g/mol. The third-order valence-corrected chi connectivity index (χ3v) is 8.72. The molecular weight excluding hydrogens is 542 g/mol. The maximum atomic E-state index is 14.5. The average Bonchev–Trinajstić information content (AvgIpc) is 3.31. The van der Waals surface area contributed by atoms with Crippen molar-refractivity contribution >= 4 is 11.9 Å². The van der Waals surface area contributed by atoms with Gasteiger partial charge in [-0.15, -0.1) is 0 Å². The highest BCUT2D eigenvalue weighted by atomic mass is 16.5. The molecule has 1 amide bonds. The fraction of sp³-hybridized carbons (Fsp3) is 0.611. The second-order valence-corrected chi connectivity index (χ2v) is 13.8. The highest BCUT2D eigenvalue weighted by molar-refractivity contribution is 5.89. The molecule has 7 nitrogen and oxygen atoms in total. The van der Waals surface area contributed by atoms with E-state index in [1.54, 1.807) is 24.0 Å². The van der Waals surface area contributed by atoms with Gasteiger partial charge in [-0.05, 0) is 72.8 Å². The second kappa shape index (κ2) is 13.4. The molecule has 0 N–H and O–H groups in total. The van der Waals surface area contributed by atoms with Gasteiger partial charge < -0.3 is 23.8 Å². The van der Waals surface area contributed by atoms with E-state index in [2.05, 4.69) is 20.8 Å². The van der Waals surface area contributed by atoms with Gasteiger partial charge in [-0.1, -0.05) is 71.9 Å². The highest BCUT2D eigenvalue weighted by Crippen LogP contribution is 2.51. The van der Waals surface area contributed by atoms with Crippen molar-refractivity contribution in [1.82, 2.24) is 4.90 Å². The quantitative estimate of drug-likeness (QED) is 0.308. The predicted molar refractivity (Wildman–Crippen MR) is 168 cm³/mol. The van der Waals surface area contributed by atoms with Crippen molar-refractivity contribution in [2.75, 3.05) is 20.3 Å². The molecule has 2 aliphatic rings. The average molecular weight is 596 g/mol. The van der Waals surface area contributed by atoms with Crippen LogP contribution in [0.1, 0.15) is 98.8 Å². The number of carbonyl (C=O) groups is 2. The largest absolute Gasteiger partial charge is 0.496 e. The lowest BCUT2D eigenvalue weighted by Crippen LogP contribution is -2.51. The SMILES string of the molecule is [2H]C([2H])(O[C@H]1[C@H](C(C)(C)C)[C@@H](C(=O)OCC)N(C(=O)[C@@H]2CCCCO2)[C@H]1c1ccccc1C)c1cc(C(C)(C)C)ccc1OC. The molecule has 2 aliphatic heterocycles. The van der Waals surface area contributed by atoms with Crippen LogP contribution in [0, 0.1) is 18.3 Å². The molecule has 0 bridgehead atoms. The van der Waals surface area contributed by atoms with Crippen molar-refractivity contribution in [2.24, 2.45) is 11.3 Å². The maximum Gasteiger partial charge on any atom is 0.329 e. The highest BCUT2D eigenvalue weighted by Gasteiger charge is 2.60. The lowest BCUT2D eigenvalue weighted by Gasteiger charge is -2.36. The molecule has 0 saturated carbocycles. The summed E-state index contributed by atoms with van der Waals surface area (Å²) >= 11 is 0. The van der Waals surface area contributed by atoms with Crippen molar-refractivity contribution in [3.8, 4) is 5.75 Å². The molecule has 2 saturated heterocycles. The molecule has 7 heteroatoms. The van der Waals surface area contributed by atoms with Gasteiger partial charge in [0.2, 0.25) is 0 Å². The Kier molecular flexibility index (Phi) is 9.39. The van der Waals surface area contributed by atoms with Gasteiger partial charge in [0, 0.05) is 18.1 Å². The van der Waals surface area contributed by atoms with E-state index in [0.717, 1.165) is 29.5 Å². The molecule has 0 aliphatic carbocycles. The summed E-state index contributed by atoms with van der Waals surface area (Å²) in [6.45, 7) is 14.2. The van der Waals surface area contributed by atoms with E-state index in [1.165, 1.54) is 7.11 Å². The van der Waals surface area contributed by atoms with Gasteiger partial charge >= 0.3 is 5.97 Å². The molecule has 0 unspecified atom stereocenters. The number of hydrogen-bond acceptors (Lipinski definition) is 6. The zero-order chi connectivity index (χ0) is 33.3. The number of esters is 1. The first kappa shape index (κ1) is 30.1. The van der Waals surface area contributed by atoms with E-state index < -0.39 is 48.2 Å². The van der Waals surface area contributed by atoms with Gasteiger partial charge in [0.1, 0.15) is 17.9 Å². The Morgan fingerprint density at radius 2 is 1.79 bits per heavy atom. The standard InChI is InChI=1S/C36H51NO6/c1-10-41-34(39)31-29(36(6,7)8)32(43-22-24-21-25(35(3,4)5)18-19-27(24)40-9)30(26-16-12-11-15-23(26)2)37(31)33(38)28-17-13-14-20-42-28/h11-12,15-16,18-19,21,28-32H,10,13-14,17,20,22H2,1-9H3/t28-,29+,30-,31-,32-/m0/s1/i22D2. The molecule has 2 aromatic carbocycles. The second-order valence-electron chi connectivity index (χ2n) is 13.8. The number of carbonyl (C=O) groups excluding carboxylic acids is 2. The molecular formula is C36H51NO6. The normalized spacial score (nSPS) is 25.6. The first-order chi connectivity index (χ1) is 21.0. The number of rotatable bonds is 8. The molecule has 0 radical (unpaired) electrons. The third kappa shape index (κ3) is 7.09. The summed E-state index contributed by atoms with van der Waals surface area (Å²) < 4.78 is 42.8. The van der Waals surface area contributed by atoms with Crippen molar-refractivity contribution < 1.29 is 31.3 Å². The smallest absolute Gasteiger partial charge is 0.329 e. The van der Waals surface area contributed by atoms with Crippen molar-refractivity contribution in [3.05, 3.63) is 64.7 Å². The number of amides is 1. The fourth-order valence-electron chi connectivity index (χ4n) is 6.48. The number of ether oxygens (including phenoxy) is 4. The minimum absolute atomic E-state index is 0.145. The van der Waals surface area contributed by atoms with Crippen LogP contribution < -0.4 is 4.74 Å². The van der Waals surface area contributed by atoms with Crippen LogP contribution in [0.15, 0.2) is 42.5 Å². The van der Waals surface area contributed by atoms with Crippen LogP contribution in [0.4, 0.5) is 0 Å². The Hall–Kier alpha value is -2.90. The van der Waals surface area contributed by atoms with E-state index in [0.29, 0.717) is 18.8 Å². The summed E-state index contributed by atoms with van der Waals surface area (Å²) in [5.41, 5.74) is 2.03. The number of likely N-dealkylation sites (tertiary alicyclic amines) is 1.